The number of nitrogens with zero attached hydrogens (tertiary/aromatic N) is 2. The van der Waals surface area contributed by atoms with Crippen LogP contribution in [0.2, 0.25) is 0 Å². The van der Waals surface area contributed by atoms with Gasteiger partial charge in [-0.05, 0) is 26.7 Å². The zero-order valence-electron chi connectivity index (χ0n) is 14.7. The van der Waals surface area contributed by atoms with Crippen molar-refractivity contribution < 1.29 is 23.8 Å². The van der Waals surface area contributed by atoms with E-state index in [2.05, 4.69) is 0 Å². The Bertz CT molecular complexity index is 478. The van der Waals surface area contributed by atoms with Gasteiger partial charge < -0.3 is 24.0 Å². The third kappa shape index (κ3) is 3.73. The fraction of sp³-hybridized carbons (Fsp3) is 0.882. The maximum absolute atomic E-state index is 12.8. The van der Waals surface area contributed by atoms with Gasteiger partial charge in [-0.2, -0.15) is 0 Å². The Labute approximate surface area is 143 Å². The van der Waals surface area contributed by atoms with Gasteiger partial charge in [0, 0.05) is 31.7 Å². The lowest BCUT2D eigenvalue weighted by Gasteiger charge is -2.45. The fourth-order valence-corrected chi connectivity index (χ4v) is 3.74. The Morgan fingerprint density at radius 2 is 1.92 bits per heavy atom. The van der Waals surface area contributed by atoms with Crippen LogP contribution < -0.4 is 0 Å². The molecule has 3 heterocycles. The predicted octanol–water partition coefficient (Wildman–Crippen LogP) is 0.278. The van der Waals surface area contributed by atoms with E-state index in [1.165, 1.54) is 0 Å². The summed E-state index contributed by atoms with van der Waals surface area (Å²) in [5.74, 6) is 0.217. The van der Waals surface area contributed by atoms with Crippen LogP contribution >= 0.6 is 0 Å². The average Bonchev–Trinajstić information content (AvgIpc) is 2.74. The molecule has 7 nitrogen and oxygen atoms in total. The third-order valence-corrected chi connectivity index (χ3v) is 5.12. The Kier molecular flexibility index (Phi) is 5.42. The van der Waals surface area contributed by atoms with Crippen LogP contribution in [0.25, 0.3) is 0 Å². The highest BCUT2D eigenvalue weighted by Crippen LogP contribution is 2.26. The van der Waals surface area contributed by atoms with E-state index in [9.17, 15) is 9.59 Å². The predicted molar refractivity (Wildman–Crippen MR) is 86.5 cm³/mol. The first-order valence-corrected chi connectivity index (χ1v) is 8.88. The number of amides is 2. The molecule has 0 radical (unpaired) electrons. The molecule has 7 heteroatoms. The van der Waals surface area contributed by atoms with E-state index in [0.717, 1.165) is 12.8 Å². The van der Waals surface area contributed by atoms with Crippen molar-refractivity contribution in [3.8, 4) is 0 Å². The lowest BCUT2D eigenvalue weighted by molar-refractivity contribution is -0.167. The molecule has 3 aliphatic rings. The Hall–Kier alpha value is -1.18. The summed E-state index contributed by atoms with van der Waals surface area (Å²) >= 11 is 0. The van der Waals surface area contributed by atoms with E-state index in [1.54, 1.807) is 4.90 Å². The van der Waals surface area contributed by atoms with Gasteiger partial charge in [0.25, 0.3) is 0 Å². The summed E-state index contributed by atoms with van der Waals surface area (Å²) in [5.41, 5.74) is -0.616. The summed E-state index contributed by atoms with van der Waals surface area (Å²) in [6.45, 7) is 7.77. The summed E-state index contributed by atoms with van der Waals surface area (Å²) in [6, 6.07) is 0.0845. The zero-order valence-corrected chi connectivity index (χ0v) is 14.7. The van der Waals surface area contributed by atoms with Crippen molar-refractivity contribution in [1.82, 2.24) is 9.80 Å². The standard InChI is InChI=1S/C17H28N2O5/c1-13(2)19-11-17(12-23-9-15(19)20)10-18(5-8-24-17)16(21)14-3-6-22-7-4-14/h13-14H,3-12H2,1-2H3. The van der Waals surface area contributed by atoms with E-state index in [0.29, 0.717) is 46.1 Å². The second kappa shape index (κ2) is 7.37. The molecule has 1 unspecified atom stereocenters. The molecule has 1 atom stereocenters. The van der Waals surface area contributed by atoms with Crippen molar-refractivity contribution in [2.45, 2.75) is 38.3 Å². The number of carbonyl (C=O) groups excluding carboxylic acids is 2. The summed E-state index contributed by atoms with van der Waals surface area (Å²) in [6.07, 6.45) is 1.58. The second-order valence-corrected chi connectivity index (χ2v) is 7.29. The molecule has 0 bridgehead atoms. The van der Waals surface area contributed by atoms with Crippen LogP contribution in [0.3, 0.4) is 0 Å². The molecule has 3 fully saturated rings. The second-order valence-electron chi connectivity index (χ2n) is 7.29. The van der Waals surface area contributed by atoms with Crippen molar-refractivity contribution in [2.75, 3.05) is 52.7 Å². The van der Waals surface area contributed by atoms with E-state index in [-0.39, 0.29) is 30.4 Å². The average molecular weight is 340 g/mol. The van der Waals surface area contributed by atoms with Crippen molar-refractivity contribution in [2.24, 2.45) is 5.92 Å². The minimum atomic E-state index is -0.616. The molecule has 2 amide bonds. The minimum Gasteiger partial charge on any atom is -0.381 e. The van der Waals surface area contributed by atoms with E-state index >= 15 is 0 Å². The van der Waals surface area contributed by atoms with Gasteiger partial charge in [0.1, 0.15) is 12.2 Å². The monoisotopic (exact) mass is 340 g/mol. The van der Waals surface area contributed by atoms with Gasteiger partial charge in [-0.1, -0.05) is 0 Å². The van der Waals surface area contributed by atoms with Gasteiger partial charge in [-0.15, -0.1) is 0 Å². The Morgan fingerprint density at radius 1 is 1.17 bits per heavy atom. The molecule has 24 heavy (non-hydrogen) atoms. The molecule has 1 spiro atoms. The van der Waals surface area contributed by atoms with Crippen molar-refractivity contribution >= 4 is 11.8 Å². The molecule has 0 saturated carbocycles. The molecule has 0 N–H and O–H groups in total. The number of hydrogen-bond donors (Lipinski definition) is 0. The third-order valence-electron chi connectivity index (χ3n) is 5.12. The lowest BCUT2D eigenvalue weighted by atomic mass is 9.95. The fourth-order valence-electron chi connectivity index (χ4n) is 3.74. The minimum absolute atomic E-state index is 0.0154. The van der Waals surface area contributed by atoms with E-state index in [4.69, 9.17) is 14.2 Å². The highest BCUT2D eigenvalue weighted by molar-refractivity contribution is 5.79. The van der Waals surface area contributed by atoms with E-state index in [1.807, 2.05) is 18.7 Å². The van der Waals surface area contributed by atoms with Gasteiger partial charge >= 0.3 is 0 Å². The first-order chi connectivity index (χ1) is 11.5. The molecule has 3 aliphatic heterocycles. The van der Waals surface area contributed by atoms with Crippen LogP contribution in [0.15, 0.2) is 0 Å². The molecule has 136 valence electrons. The summed E-state index contributed by atoms with van der Waals surface area (Å²) in [4.78, 5) is 28.7. The molecule has 3 rings (SSSR count). The largest absolute Gasteiger partial charge is 0.381 e. The number of carbonyl (C=O) groups is 2. The maximum atomic E-state index is 12.8. The van der Waals surface area contributed by atoms with Gasteiger partial charge in [0.2, 0.25) is 11.8 Å². The van der Waals surface area contributed by atoms with Crippen molar-refractivity contribution in [3.05, 3.63) is 0 Å². The molecule has 0 aromatic heterocycles. The summed E-state index contributed by atoms with van der Waals surface area (Å²) < 4.78 is 17.0. The first kappa shape index (κ1) is 17.6. The van der Waals surface area contributed by atoms with Gasteiger partial charge in [0.15, 0.2) is 0 Å². The first-order valence-electron chi connectivity index (χ1n) is 8.88. The Morgan fingerprint density at radius 3 is 2.62 bits per heavy atom. The number of ether oxygens (including phenoxy) is 3. The van der Waals surface area contributed by atoms with Crippen LogP contribution in [-0.2, 0) is 23.8 Å². The highest BCUT2D eigenvalue weighted by atomic mass is 16.5. The summed E-state index contributed by atoms with van der Waals surface area (Å²) in [5, 5.41) is 0. The topological polar surface area (TPSA) is 68.3 Å². The summed E-state index contributed by atoms with van der Waals surface area (Å²) in [7, 11) is 0. The van der Waals surface area contributed by atoms with Crippen LogP contribution in [0.4, 0.5) is 0 Å². The molecule has 0 aliphatic carbocycles. The van der Waals surface area contributed by atoms with Crippen LogP contribution in [0.5, 0.6) is 0 Å². The Balaban J connectivity index is 1.71. The molecule has 3 saturated heterocycles. The maximum Gasteiger partial charge on any atom is 0.248 e. The van der Waals surface area contributed by atoms with Crippen molar-refractivity contribution in [1.29, 1.82) is 0 Å². The van der Waals surface area contributed by atoms with Crippen LogP contribution in [-0.4, -0.2) is 85.9 Å². The van der Waals surface area contributed by atoms with Gasteiger partial charge in [-0.25, -0.2) is 0 Å². The van der Waals surface area contributed by atoms with Gasteiger partial charge in [0.05, 0.1) is 26.3 Å². The molecule has 0 aromatic rings. The number of hydrogen-bond acceptors (Lipinski definition) is 5. The number of rotatable bonds is 2. The number of morpholine rings is 1. The molecule has 0 aromatic carbocycles. The van der Waals surface area contributed by atoms with Crippen LogP contribution in [0, 0.1) is 5.92 Å². The smallest absolute Gasteiger partial charge is 0.248 e. The van der Waals surface area contributed by atoms with Gasteiger partial charge in [-0.3, -0.25) is 9.59 Å². The SMILES string of the molecule is CC(C)N1CC2(COCC1=O)CN(C(=O)C1CCOCC1)CCO2. The molecular weight excluding hydrogens is 312 g/mol. The molecular formula is C17H28N2O5. The quantitative estimate of drug-likeness (QED) is 0.722. The highest BCUT2D eigenvalue weighted by Gasteiger charge is 2.44. The zero-order chi connectivity index (χ0) is 17.2. The van der Waals surface area contributed by atoms with Crippen LogP contribution in [0.1, 0.15) is 26.7 Å². The van der Waals surface area contributed by atoms with E-state index < -0.39 is 5.60 Å². The van der Waals surface area contributed by atoms with Crippen molar-refractivity contribution in [3.63, 3.8) is 0 Å². The normalized spacial score (nSPS) is 30.0. The lowest BCUT2D eigenvalue weighted by Crippen LogP contribution is -2.61.